The Morgan fingerprint density at radius 2 is 1.70 bits per heavy atom. The average molecular weight is 271 g/mol. The number of carbonyl (C=O) groups excluding carboxylic acids is 1. The zero-order valence-electron chi connectivity index (χ0n) is 11.1. The van der Waals surface area contributed by atoms with E-state index in [2.05, 4.69) is 0 Å². The molecule has 0 atom stereocenters. The predicted octanol–water partition coefficient (Wildman–Crippen LogP) is 1.90. The third-order valence-electron chi connectivity index (χ3n) is 3.02. The van der Waals surface area contributed by atoms with Gasteiger partial charge in [0, 0.05) is 17.7 Å². The van der Waals surface area contributed by atoms with E-state index in [1.54, 1.807) is 12.1 Å². The van der Waals surface area contributed by atoms with Gasteiger partial charge in [-0.25, -0.2) is 0 Å². The highest BCUT2D eigenvalue weighted by molar-refractivity contribution is 5.94. The van der Waals surface area contributed by atoms with Gasteiger partial charge in [0.15, 0.2) is 0 Å². The molecule has 0 radical (unpaired) electrons. The highest BCUT2D eigenvalue weighted by Gasteiger charge is 2.09. The third kappa shape index (κ3) is 3.36. The maximum Gasteiger partial charge on any atom is 0.249 e. The summed E-state index contributed by atoms with van der Waals surface area (Å²) < 4.78 is 5.75. The van der Waals surface area contributed by atoms with Gasteiger partial charge in [0.1, 0.15) is 12.4 Å². The summed E-state index contributed by atoms with van der Waals surface area (Å²) in [6, 6.07) is 14.6. The zero-order valence-corrected chi connectivity index (χ0v) is 11.1. The molecule has 2 aromatic carbocycles. The third-order valence-corrected chi connectivity index (χ3v) is 3.02. The average Bonchev–Trinajstić information content (AvgIpc) is 2.47. The van der Waals surface area contributed by atoms with Crippen LogP contribution in [0, 0.1) is 0 Å². The van der Waals surface area contributed by atoms with Crippen LogP contribution in [0.4, 0.5) is 0 Å². The summed E-state index contributed by atoms with van der Waals surface area (Å²) in [5.74, 6) is 0.244. The molecular formula is C16H17NO3. The molecule has 0 bridgehead atoms. The number of aliphatic hydroxyl groups is 1. The van der Waals surface area contributed by atoms with Crippen molar-refractivity contribution >= 4 is 5.91 Å². The molecule has 3 N–H and O–H groups in total. The second-order valence-corrected chi connectivity index (χ2v) is 4.39. The fourth-order valence-corrected chi connectivity index (χ4v) is 2.01. The van der Waals surface area contributed by atoms with Crippen molar-refractivity contribution in [1.82, 2.24) is 0 Å². The smallest absolute Gasteiger partial charge is 0.249 e. The molecule has 0 aliphatic heterocycles. The Labute approximate surface area is 117 Å². The van der Waals surface area contributed by atoms with Crippen LogP contribution in [0.15, 0.2) is 48.5 Å². The summed E-state index contributed by atoms with van der Waals surface area (Å²) in [6.07, 6.45) is 0.535. The van der Waals surface area contributed by atoms with E-state index in [1.807, 2.05) is 36.4 Å². The molecule has 4 heteroatoms. The Morgan fingerprint density at radius 3 is 2.40 bits per heavy atom. The van der Waals surface area contributed by atoms with E-state index in [4.69, 9.17) is 15.6 Å². The first-order chi connectivity index (χ1) is 9.72. The van der Waals surface area contributed by atoms with Crippen LogP contribution in [0.3, 0.4) is 0 Å². The van der Waals surface area contributed by atoms with Crippen molar-refractivity contribution in [2.24, 2.45) is 5.73 Å². The highest BCUT2D eigenvalue weighted by atomic mass is 16.5. The number of para-hydroxylation sites is 1. The normalized spacial score (nSPS) is 10.2. The number of rotatable bonds is 6. The van der Waals surface area contributed by atoms with Crippen molar-refractivity contribution < 1.29 is 14.6 Å². The minimum absolute atomic E-state index is 0.0677. The van der Waals surface area contributed by atoms with Crippen LogP contribution in [0.5, 0.6) is 5.75 Å². The monoisotopic (exact) mass is 271 g/mol. The second-order valence-electron chi connectivity index (χ2n) is 4.39. The molecule has 0 aliphatic rings. The van der Waals surface area contributed by atoms with Crippen LogP contribution >= 0.6 is 0 Å². The maximum absolute atomic E-state index is 11.3. The summed E-state index contributed by atoms with van der Waals surface area (Å²) in [7, 11) is 0. The summed E-state index contributed by atoms with van der Waals surface area (Å²) >= 11 is 0. The number of hydrogen-bond acceptors (Lipinski definition) is 3. The van der Waals surface area contributed by atoms with Crippen molar-refractivity contribution in [2.45, 2.75) is 13.0 Å². The molecule has 1 amide bonds. The summed E-state index contributed by atoms with van der Waals surface area (Å²) in [5, 5.41) is 9.03. The maximum atomic E-state index is 11.3. The molecule has 0 spiro atoms. The van der Waals surface area contributed by atoms with Gasteiger partial charge in [-0.3, -0.25) is 4.79 Å². The molecule has 20 heavy (non-hydrogen) atoms. The van der Waals surface area contributed by atoms with E-state index in [1.165, 1.54) is 0 Å². The van der Waals surface area contributed by atoms with Crippen molar-refractivity contribution in [3.63, 3.8) is 0 Å². The largest absolute Gasteiger partial charge is 0.489 e. The van der Waals surface area contributed by atoms with Gasteiger partial charge in [0.05, 0.1) is 0 Å². The van der Waals surface area contributed by atoms with E-state index < -0.39 is 5.91 Å². The number of hydrogen-bond donors (Lipinski definition) is 2. The van der Waals surface area contributed by atoms with Gasteiger partial charge in [-0.2, -0.15) is 0 Å². The van der Waals surface area contributed by atoms with Gasteiger partial charge in [-0.1, -0.05) is 36.4 Å². The molecule has 0 fully saturated rings. The Morgan fingerprint density at radius 1 is 1.05 bits per heavy atom. The van der Waals surface area contributed by atoms with E-state index in [0.717, 1.165) is 11.1 Å². The fourth-order valence-electron chi connectivity index (χ4n) is 2.01. The van der Waals surface area contributed by atoms with Gasteiger partial charge >= 0.3 is 0 Å². The first-order valence-corrected chi connectivity index (χ1v) is 6.41. The molecule has 104 valence electrons. The lowest BCUT2D eigenvalue weighted by atomic mass is 10.1. The number of aliphatic hydroxyl groups excluding tert-OH is 1. The lowest BCUT2D eigenvalue weighted by Gasteiger charge is -2.12. The lowest BCUT2D eigenvalue weighted by molar-refractivity contribution is 0.0998. The lowest BCUT2D eigenvalue weighted by Crippen LogP contribution is -2.14. The molecular weight excluding hydrogens is 254 g/mol. The van der Waals surface area contributed by atoms with Crippen molar-refractivity contribution in [3.05, 3.63) is 65.2 Å². The first-order valence-electron chi connectivity index (χ1n) is 6.41. The summed E-state index contributed by atoms with van der Waals surface area (Å²) in [5.41, 5.74) is 7.48. The SMILES string of the molecule is NC(=O)c1ccccc1COc1ccccc1CCO. The molecule has 2 rings (SSSR count). The van der Waals surface area contributed by atoms with Gasteiger partial charge in [0.2, 0.25) is 5.91 Å². The number of primary amides is 1. The van der Waals surface area contributed by atoms with Crippen LogP contribution in [0.1, 0.15) is 21.5 Å². The van der Waals surface area contributed by atoms with Crippen LogP contribution in [0.2, 0.25) is 0 Å². The molecule has 0 aromatic heterocycles. The molecule has 0 unspecified atom stereocenters. The van der Waals surface area contributed by atoms with Crippen molar-refractivity contribution in [1.29, 1.82) is 0 Å². The highest BCUT2D eigenvalue weighted by Crippen LogP contribution is 2.20. The Bertz CT molecular complexity index is 596. The Hall–Kier alpha value is -2.33. The zero-order chi connectivity index (χ0) is 14.4. The number of benzene rings is 2. The minimum Gasteiger partial charge on any atom is -0.489 e. The summed E-state index contributed by atoms with van der Waals surface area (Å²) in [4.78, 5) is 11.3. The quantitative estimate of drug-likeness (QED) is 0.842. The minimum atomic E-state index is -0.465. The molecule has 4 nitrogen and oxygen atoms in total. The van der Waals surface area contributed by atoms with Crippen LogP contribution in [0.25, 0.3) is 0 Å². The van der Waals surface area contributed by atoms with E-state index in [-0.39, 0.29) is 13.2 Å². The summed E-state index contributed by atoms with van der Waals surface area (Å²) in [6.45, 7) is 0.333. The molecule has 0 aliphatic carbocycles. The van der Waals surface area contributed by atoms with E-state index >= 15 is 0 Å². The van der Waals surface area contributed by atoms with Gasteiger partial charge < -0.3 is 15.6 Å². The number of carbonyl (C=O) groups is 1. The number of ether oxygens (including phenoxy) is 1. The molecule has 2 aromatic rings. The number of nitrogens with two attached hydrogens (primary N) is 1. The Balaban J connectivity index is 2.15. The van der Waals surface area contributed by atoms with Crippen molar-refractivity contribution in [3.8, 4) is 5.75 Å². The van der Waals surface area contributed by atoms with Gasteiger partial charge in [-0.05, 0) is 24.1 Å². The predicted molar refractivity (Wildman–Crippen MR) is 76.5 cm³/mol. The Kier molecular flexibility index (Phi) is 4.74. The standard InChI is InChI=1S/C16H17NO3/c17-16(19)14-7-3-1-6-13(14)11-20-15-8-4-2-5-12(15)9-10-18/h1-8,18H,9-11H2,(H2,17,19). The van der Waals surface area contributed by atoms with Crippen molar-refractivity contribution in [2.75, 3.05) is 6.61 Å². The van der Waals surface area contributed by atoms with Crippen LogP contribution < -0.4 is 10.5 Å². The van der Waals surface area contributed by atoms with E-state index in [9.17, 15) is 4.79 Å². The molecule has 0 saturated carbocycles. The molecule has 0 saturated heterocycles. The van der Waals surface area contributed by atoms with Crippen LogP contribution in [-0.4, -0.2) is 17.6 Å². The van der Waals surface area contributed by atoms with Gasteiger partial charge in [-0.15, -0.1) is 0 Å². The second kappa shape index (κ2) is 6.73. The number of amides is 1. The fraction of sp³-hybridized carbons (Fsp3) is 0.188. The van der Waals surface area contributed by atoms with Crippen LogP contribution in [-0.2, 0) is 13.0 Å². The first kappa shape index (κ1) is 14.1. The van der Waals surface area contributed by atoms with Gasteiger partial charge in [0.25, 0.3) is 0 Å². The topological polar surface area (TPSA) is 72.6 Å². The molecule has 0 heterocycles. The van der Waals surface area contributed by atoms with E-state index in [0.29, 0.717) is 17.7 Å².